The van der Waals surface area contributed by atoms with E-state index in [2.05, 4.69) is 31.0 Å². The second kappa shape index (κ2) is 6.68. The summed E-state index contributed by atoms with van der Waals surface area (Å²) in [5.74, 6) is 0.490. The molecule has 0 radical (unpaired) electrons. The molecule has 2 aliphatic rings. The van der Waals surface area contributed by atoms with Crippen LogP contribution in [-0.4, -0.2) is 42.3 Å². The third-order valence-corrected chi connectivity index (χ3v) is 7.95. The summed E-state index contributed by atoms with van der Waals surface area (Å²) in [6, 6.07) is 7.96. The smallest absolute Gasteiger partial charge is 0.253 e. The van der Waals surface area contributed by atoms with Gasteiger partial charge in [-0.1, -0.05) is 58.5 Å². The van der Waals surface area contributed by atoms with Crippen molar-refractivity contribution in [1.82, 2.24) is 0 Å². The molecular formula is C19H26N2O3S2. The molecular weight excluding hydrogens is 368 g/mol. The molecule has 7 heteroatoms. The van der Waals surface area contributed by atoms with E-state index in [1.54, 1.807) is 0 Å². The zero-order chi connectivity index (χ0) is 19.3. The number of aliphatic imine (C=N–C) groups is 1. The number of carbonyl (C=O) groups excluding carboxylic acids is 1. The van der Waals surface area contributed by atoms with Crippen molar-refractivity contribution in [3.63, 3.8) is 0 Å². The first kappa shape index (κ1) is 19.4. The highest BCUT2D eigenvalue weighted by Crippen LogP contribution is 2.41. The lowest BCUT2D eigenvalue weighted by Gasteiger charge is -2.25. The van der Waals surface area contributed by atoms with Crippen LogP contribution >= 0.6 is 11.8 Å². The summed E-state index contributed by atoms with van der Waals surface area (Å²) < 4.78 is 24.2. The number of hydrogen-bond donors (Lipinski definition) is 0. The Labute approximate surface area is 160 Å². The van der Waals surface area contributed by atoms with Crippen LogP contribution in [0.4, 0.5) is 5.69 Å². The van der Waals surface area contributed by atoms with Crippen molar-refractivity contribution in [2.24, 2.45) is 10.4 Å². The third kappa shape index (κ3) is 3.83. The summed E-state index contributed by atoms with van der Waals surface area (Å²) in [6.45, 7) is 9.79. The van der Waals surface area contributed by atoms with Crippen molar-refractivity contribution in [2.75, 3.05) is 16.4 Å². The van der Waals surface area contributed by atoms with Gasteiger partial charge in [0.1, 0.15) is 0 Å². The van der Waals surface area contributed by atoms with E-state index >= 15 is 0 Å². The van der Waals surface area contributed by atoms with Crippen molar-refractivity contribution in [2.45, 2.75) is 51.8 Å². The molecule has 0 N–H and O–H groups in total. The minimum Gasteiger partial charge on any atom is -0.316 e. The molecule has 2 saturated heterocycles. The van der Waals surface area contributed by atoms with Crippen molar-refractivity contribution in [3.05, 3.63) is 29.8 Å². The third-order valence-electron chi connectivity index (χ3n) is 4.74. The van der Waals surface area contributed by atoms with Gasteiger partial charge in [0.15, 0.2) is 15.0 Å². The molecule has 2 fully saturated rings. The van der Waals surface area contributed by atoms with Crippen LogP contribution in [0.15, 0.2) is 29.3 Å². The van der Waals surface area contributed by atoms with Crippen LogP contribution in [0.25, 0.3) is 0 Å². The van der Waals surface area contributed by atoms with Crippen LogP contribution in [0, 0.1) is 5.41 Å². The predicted molar refractivity (Wildman–Crippen MR) is 109 cm³/mol. The van der Waals surface area contributed by atoms with Crippen LogP contribution in [0.3, 0.4) is 0 Å². The van der Waals surface area contributed by atoms with Crippen molar-refractivity contribution in [1.29, 1.82) is 0 Å². The normalized spacial score (nSPS) is 26.5. The monoisotopic (exact) mass is 394 g/mol. The minimum absolute atomic E-state index is 0.0729. The molecule has 2 atom stereocenters. The SMILES string of the molecule is CC(C)c1ccc(N2C(=NC(=O)C(C)(C)C)S[C@H]3CS(=O)(=O)C[C@H]32)cc1. The molecule has 26 heavy (non-hydrogen) atoms. The van der Waals surface area contributed by atoms with Crippen LogP contribution < -0.4 is 4.90 Å². The maximum absolute atomic E-state index is 12.4. The number of amidine groups is 1. The molecule has 142 valence electrons. The van der Waals surface area contributed by atoms with Crippen LogP contribution in [0.2, 0.25) is 0 Å². The fourth-order valence-electron chi connectivity index (χ4n) is 3.14. The van der Waals surface area contributed by atoms with Gasteiger partial charge in [-0.15, -0.1) is 0 Å². The first-order valence-corrected chi connectivity index (χ1v) is 11.6. The van der Waals surface area contributed by atoms with Gasteiger partial charge >= 0.3 is 0 Å². The van der Waals surface area contributed by atoms with Crippen molar-refractivity contribution >= 4 is 38.4 Å². The fourth-order valence-corrected chi connectivity index (χ4v) is 7.05. The maximum Gasteiger partial charge on any atom is 0.253 e. The molecule has 0 bridgehead atoms. The summed E-state index contributed by atoms with van der Waals surface area (Å²) in [4.78, 5) is 18.8. The van der Waals surface area contributed by atoms with Gasteiger partial charge in [0.2, 0.25) is 0 Å². The predicted octanol–water partition coefficient (Wildman–Crippen LogP) is 3.46. The Balaban J connectivity index is 2.00. The molecule has 1 amide bonds. The standard InChI is InChI=1S/C19H26N2O3S2/c1-12(2)13-6-8-14(9-7-13)21-15-10-26(23,24)11-16(15)25-18(21)20-17(22)19(3,4)5/h6-9,12,15-16H,10-11H2,1-5H3/t15-,16+/m1/s1. The van der Waals surface area contributed by atoms with Gasteiger partial charge in [-0.25, -0.2) is 8.42 Å². The Bertz CT molecular complexity index is 837. The second-order valence-corrected chi connectivity index (χ2v) is 11.7. The molecule has 0 aliphatic carbocycles. The number of benzene rings is 1. The number of thioether (sulfide) groups is 1. The van der Waals surface area contributed by atoms with Crippen molar-refractivity contribution in [3.8, 4) is 0 Å². The Hall–Kier alpha value is -1.34. The number of rotatable bonds is 2. The van der Waals surface area contributed by atoms with E-state index in [4.69, 9.17) is 0 Å². The largest absolute Gasteiger partial charge is 0.316 e. The van der Waals surface area contributed by atoms with Gasteiger partial charge in [0.25, 0.3) is 5.91 Å². The van der Waals surface area contributed by atoms with Crippen molar-refractivity contribution < 1.29 is 13.2 Å². The van der Waals surface area contributed by atoms with E-state index < -0.39 is 15.3 Å². The quantitative estimate of drug-likeness (QED) is 0.768. The van der Waals surface area contributed by atoms with Gasteiger partial charge in [0.05, 0.1) is 17.5 Å². The van der Waals surface area contributed by atoms with Crippen LogP contribution in [0.5, 0.6) is 0 Å². The molecule has 5 nitrogen and oxygen atoms in total. The Morgan fingerprint density at radius 1 is 1.19 bits per heavy atom. The second-order valence-electron chi connectivity index (χ2n) is 8.37. The number of amides is 1. The topological polar surface area (TPSA) is 66.8 Å². The molecule has 1 aromatic carbocycles. The number of carbonyl (C=O) groups is 1. The molecule has 2 aliphatic heterocycles. The first-order valence-electron chi connectivity index (χ1n) is 8.87. The average molecular weight is 395 g/mol. The number of nitrogens with zero attached hydrogens (tertiary/aromatic N) is 2. The van der Waals surface area contributed by atoms with Gasteiger partial charge in [-0.2, -0.15) is 4.99 Å². The van der Waals surface area contributed by atoms with E-state index in [9.17, 15) is 13.2 Å². The molecule has 0 saturated carbocycles. The maximum atomic E-state index is 12.4. The van der Waals surface area contributed by atoms with E-state index in [0.29, 0.717) is 11.1 Å². The Morgan fingerprint density at radius 3 is 2.35 bits per heavy atom. The van der Waals surface area contributed by atoms with Gasteiger partial charge in [0, 0.05) is 16.4 Å². The van der Waals surface area contributed by atoms with Crippen LogP contribution in [-0.2, 0) is 14.6 Å². The Kier molecular flexibility index (Phi) is 4.99. The number of hydrogen-bond acceptors (Lipinski definition) is 4. The van der Waals surface area contributed by atoms with Gasteiger partial charge < -0.3 is 4.90 Å². The van der Waals surface area contributed by atoms with E-state index in [1.807, 2.05) is 37.8 Å². The lowest BCUT2D eigenvalue weighted by molar-refractivity contribution is -0.124. The fraction of sp³-hybridized carbons (Fsp3) is 0.579. The Morgan fingerprint density at radius 2 is 1.81 bits per heavy atom. The van der Waals surface area contributed by atoms with Gasteiger partial charge in [-0.3, -0.25) is 4.79 Å². The lowest BCUT2D eigenvalue weighted by Crippen LogP contribution is -2.38. The molecule has 3 rings (SSSR count). The first-order chi connectivity index (χ1) is 12.0. The van der Waals surface area contributed by atoms with E-state index in [-0.39, 0.29) is 28.7 Å². The zero-order valence-corrected chi connectivity index (χ0v) is 17.5. The van der Waals surface area contributed by atoms with Gasteiger partial charge in [-0.05, 0) is 23.6 Å². The average Bonchev–Trinajstić information content (AvgIpc) is 2.97. The highest BCUT2D eigenvalue weighted by molar-refractivity contribution is 8.16. The number of fused-ring (bicyclic) bond motifs is 1. The number of sulfone groups is 1. The van der Waals surface area contributed by atoms with Crippen LogP contribution in [0.1, 0.15) is 46.1 Å². The summed E-state index contributed by atoms with van der Waals surface area (Å²) in [7, 11) is -3.05. The summed E-state index contributed by atoms with van der Waals surface area (Å²) in [5.41, 5.74) is 1.55. The minimum atomic E-state index is -3.05. The highest BCUT2D eigenvalue weighted by atomic mass is 32.2. The molecule has 1 aromatic rings. The van der Waals surface area contributed by atoms with E-state index in [0.717, 1.165) is 5.69 Å². The molecule has 0 unspecified atom stereocenters. The lowest BCUT2D eigenvalue weighted by atomic mass is 9.96. The molecule has 0 aromatic heterocycles. The number of anilines is 1. The molecule has 0 spiro atoms. The summed E-state index contributed by atoms with van der Waals surface area (Å²) in [5, 5.41) is 0.545. The zero-order valence-electron chi connectivity index (χ0n) is 15.9. The summed E-state index contributed by atoms with van der Waals surface area (Å²) in [6.07, 6.45) is 0. The summed E-state index contributed by atoms with van der Waals surface area (Å²) >= 11 is 1.42. The highest BCUT2D eigenvalue weighted by Gasteiger charge is 2.49. The van der Waals surface area contributed by atoms with E-state index in [1.165, 1.54) is 17.3 Å². The molecule has 2 heterocycles.